The number of unbranched alkanes of at least 4 members (excludes halogenated alkanes) is 2. The van der Waals surface area contributed by atoms with Gasteiger partial charge in [-0.2, -0.15) is 0 Å². The fourth-order valence-electron chi connectivity index (χ4n) is 8.60. The van der Waals surface area contributed by atoms with E-state index >= 15 is 0 Å². The van der Waals surface area contributed by atoms with Crippen LogP contribution in [0.2, 0.25) is 0 Å². The molecule has 6 atom stereocenters. The van der Waals surface area contributed by atoms with E-state index in [0.29, 0.717) is 53.4 Å². The number of aromatic hydroxyl groups is 1. The van der Waals surface area contributed by atoms with Gasteiger partial charge in [-0.3, -0.25) is 24.2 Å². The standard InChI is InChI=1S/C37H49N3O9/c1-8-9-10-11-23(42)13-19(3)36(44)38-16-27-29-24(33(49-21(5)41)20(4)34-35(29)48-17-47-34)15-25-30-28-22(12-18(2)32(46-7)31(28)43)14-26(39(30)6)37(45)40(25)27/h12,19,25-27,30,37,43,45H,8-11,13-17H2,1-7H3,(H,38,44)/t19-,25?,26+,27+,30+,37+/m1/s1. The van der Waals surface area contributed by atoms with Crippen molar-refractivity contribution in [3.63, 3.8) is 0 Å². The number of hydrogen-bond acceptors (Lipinski definition) is 11. The lowest BCUT2D eigenvalue weighted by molar-refractivity contribution is -0.172. The van der Waals surface area contributed by atoms with Crippen molar-refractivity contribution >= 4 is 17.7 Å². The first-order valence-corrected chi connectivity index (χ1v) is 17.4. The Morgan fingerprint density at radius 3 is 2.51 bits per heavy atom. The minimum absolute atomic E-state index is 0.0250. The van der Waals surface area contributed by atoms with Crippen LogP contribution in [0.25, 0.3) is 0 Å². The number of Topliss-reactive ketones (excluding diaryl/α,β-unsaturated/α-hetero) is 1. The zero-order valence-electron chi connectivity index (χ0n) is 29.6. The highest BCUT2D eigenvalue weighted by atomic mass is 16.7. The van der Waals surface area contributed by atoms with Crippen molar-refractivity contribution in [1.82, 2.24) is 15.1 Å². The molecule has 0 saturated carbocycles. The van der Waals surface area contributed by atoms with Crippen LogP contribution in [0.5, 0.6) is 28.7 Å². The summed E-state index contributed by atoms with van der Waals surface area (Å²) in [5.74, 6) is 0.575. The van der Waals surface area contributed by atoms with E-state index in [1.165, 1.54) is 14.0 Å². The molecule has 1 saturated heterocycles. The van der Waals surface area contributed by atoms with Gasteiger partial charge in [-0.25, -0.2) is 0 Å². The maximum Gasteiger partial charge on any atom is 0.308 e. The van der Waals surface area contributed by atoms with Gasteiger partial charge < -0.3 is 34.5 Å². The Morgan fingerprint density at radius 2 is 1.82 bits per heavy atom. The molecule has 1 amide bonds. The third kappa shape index (κ3) is 6.01. The van der Waals surface area contributed by atoms with Gasteiger partial charge in [0.25, 0.3) is 0 Å². The Labute approximate surface area is 287 Å². The van der Waals surface area contributed by atoms with Crippen molar-refractivity contribution in [3.8, 4) is 28.7 Å². The fourth-order valence-corrected chi connectivity index (χ4v) is 8.60. The van der Waals surface area contributed by atoms with E-state index in [-0.39, 0.29) is 49.3 Å². The predicted octanol–water partition coefficient (Wildman–Crippen LogP) is 4.16. The Morgan fingerprint density at radius 1 is 1.08 bits per heavy atom. The minimum Gasteiger partial charge on any atom is -0.504 e. The van der Waals surface area contributed by atoms with Gasteiger partial charge in [0.2, 0.25) is 12.7 Å². The van der Waals surface area contributed by atoms with Crippen LogP contribution in [0.3, 0.4) is 0 Å². The number of benzene rings is 2. The zero-order valence-corrected chi connectivity index (χ0v) is 29.6. The van der Waals surface area contributed by atoms with Gasteiger partial charge in [0.15, 0.2) is 23.0 Å². The monoisotopic (exact) mass is 679 g/mol. The summed E-state index contributed by atoms with van der Waals surface area (Å²) < 4.78 is 23.5. The molecule has 4 heterocycles. The average molecular weight is 680 g/mol. The average Bonchev–Trinajstić information content (AvgIpc) is 3.54. The summed E-state index contributed by atoms with van der Waals surface area (Å²) in [5.41, 5.74) is 4.51. The number of phenols is 1. The first-order valence-electron chi connectivity index (χ1n) is 17.4. The number of ketones is 1. The minimum atomic E-state index is -0.965. The molecular formula is C37H49N3O9. The Bertz CT molecular complexity index is 1660. The molecule has 4 aliphatic heterocycles. The van der Waals surface area contributed by atoms with Crippen LogP contribution in [0.1, 0.15) is 98.3 Å². The van der Waals surface area contributed by atoms with E-state index in [1.54, 1.807) is 6.92 Å². The number of ether oxygens (including phenoxy) is 4. The number of aliphatic hydroxyl groups excluding tert-OH is 1. The number of likely N-dealkylation sites (N-methyl/N-ethyl adjacent to an activating group) is 1. The van der Waals surface area contributed by atoms with Crippen LogP contribution in [-0.2, 0) is 27.2 Å². The van der Waals surface area contributed by atoms with Gasteiger partial charge in [-0.15, -0.1) is 0 Å². The number of esters is 1. The normalized spacial score (nSPS) is 24.4. The van der Waals surface area contributed by atoms with E-state index in [2.05, 4.69) is 17.1 Å². The van der Waals surface area contributed by atoms with Gasteiger partial charge in [0.05, 0.1) is 25.2 Å². The van der Waals surface area contributed by atoms with Gasteiger partial charge >= 0.3 is 5.97 Å². The fraction of sp³-hybridized carbons (Fsp3) is 0.595. The van der Waals surface area contributed by atoms with E-state index in [4.69, 9.17) is 18.9 Å². The van der Waals surface area contributed by atoms with Gasteiger partial charge in [0, 0.05) is 60.5 Å². The lowest BCUT2D eigenvalue weighted by Gasteiger charge is -2.60. The summed E-state index contributed by atoms with van der Waals surface area (Å²) in [4.78, 5) is 42.8. The molecule has 2 aromatic rings. The largest absolute Gasteiger partial charge is 0.504 e. The van der Waals surface area contributed by atoms with Crippen LogP contribution < -0.4 is 24.3 Å². The third-order valence-electron chi connectivity index (χ3n) is 10.9. The lowest BCUT2D eigenvalue weighted by atomic mass is 9.73. The summed E-state index contributed by atoms with van der Waals surface area (Å²) in [7, 11) is 3.49. The molecule has 2 bridgehead atoms. The maximum absolute atomic E-state index is 13.5. The number of carbonyl (C=O) groups excluding carboxylic acids is 3. The molecular weight excluding hydrogens is 630 g/mol. The van der Waals surface area contributed by atoms with Gasteiger partial charge in [-0.05, 0) is 51.3 Å². The number of carbonyl (C=O) groups is 3. The summed E-state index contributed by atoms with van der Waals surface area (Å²) in [6.07, 6.45) is 3.28. The number of amides is 1. The van der Waals surface area contributed by atoms with Crippen molar-refractivity contribution in [2.45, 2.75) is 110 Å². The van der Waals surface area contributed by atoms with Crippen LogP contribution >= 0.6 is 0 Å². The van der Waals surface area contributed by atoms with E-state index in [0.717, 1.165) is 41.5 Å². The number of nitrogens with zero attached hydrogens (tertiary/aromatic N) is 2. The highest BCUT2D eigenvalue weighted by Gasteiger charge is 2.56. The summed E-state index contributed by atoms with van der Waals surface area (Å²) >= 11 is 0. The number of piperazine rings is 1. The highest BCUT2D eigenvalue weighted by Crippen LogP contribution is 2.58. The number of fused-ring (bicyclic) bond motifs is 9. The number of aliphatic hydroxyl groups is 1. The molecule has 0 aromatic heterocycles. The second-order valence-corrected chi connectivity index (χ2v) is 14.0. The second-order valence-electron chi connectivity index (χ2n) is 14.0. The molecule has 0 radical (unpaired) electrons. The maximum atomic E-state index is 13.5. The number of nitrogens with one attached hydrogen (secondary N) is 1. The molecule has 3 N–H and O–H groups in total. The third-order valence-corrected chi connectivity index (χ3v) is 10.9. The quantitative estimate of drug-likeness (QED) is 0.179. The van der Waals surface area contributed by atoms with E-state index in [9.17, 15) is 24.6 Å². The molecule has 49 heavy (non-hydrogen) atoms. The smallest absolute Gasteiger partial charge is 0.308 e. The lowest BCUT2D eigenvalue weighted by Crippen LogP contribution is -2.69. The molecule has 0 aliphatic carbocycles. The molecule has 2 aromatic carbocycles. The predicted molar refractivity (Wildman–Crippen MR) is 180 cm³/mol. The van der Waals surface area contributed by atoms with Gasteiger partial charge in [0.1, 0.15) is 17.8 Å². The molecule has 12 heteroatoms. The number of aryl methyl sites for hydroxylation is 1. The number of rotatable bonds is 11. The summed E-state index contributed by atoms with van der Waals surface area (Å²) in [5, 5.41) is 27.0. The SMILES string of the molecule is CCCCCC(=O)C[C@@H](C)C(=O)NC[C@H]1c2c(c(OC(C)=O)c(C)c3c2OCO3)CC2[C@H]3c4c(cc(C)c(OC)c4O)C[C@@H]([C@H](O)N21)N3C. The molecule has 266 valence electrons. The number of phenolic OH excluding ortho intramolecular Hbond substituents is 1. The van der Waals surface area contributed by atoms with Crippen LogP contribution in [0.15, 0.2) is 6.07 Å². The van der Waals surface area contributed by atoms with Crippen molar-refractivity contribution in [2.75, 3.05) is 27.5 Å². The Balaban J connectivity index is 1.44. The highest BCUT2D eigenvalue weighted by molar-refractivity contribution is 5.86. The Hall–Kier alpha value is -3.87. The van der Waals surface area contributed by atoms with E-state index in [1.807, 2.05) is 31.9 Å². The number of methoxy groups -OCH3 is 1. The van der Waals surface area contributed by atoms with Crippen molar-refractivity contribution in [2.24, 2.45) is 5.92 Å². The molecule has 12 nitrogen and oxygen atoms in total. The summed E-state index contributed by atoms with van der Waals surface area (Å²) in [6, 6.07) is 0.266. The molecule has 1 unspecified atom stereocenters. The molecule has 1 fully saturated rings. The molecule has 4 aliphatic rings. The number of hydrogen-bond donors (Lipinski definition) is 3. The van der Waals surface area contributed by atoms with Crippen LogP contribution in [0, 0.1) is 19.8 Å². The van der Waals surface area contributed by atoms with Crippen molar-refractivity contribution in [3.05, 3.63) is 39.4 Å². The first kappa shape index (κ1) is 35.0. The molecule has 0 spiro atoms. The first-order chi connectivity index (χ1) is 23.4. The van der Waals surface area contributed by atoms with Gasteiger partial charge in [-0.1, -0.05) is 32.8 Å². The molecule has 6 rings (SSSR count). The Kier molecular flexibility index (Phi) is 9.85. The topological polar surface area (TPSA) is 147 Å². The second kappa shape index (κ2) is 13.8. The summed E-state index contributed by atoms with van der Waals surface area (Å²) in [6.45, 7) is 8.96. The van der Waals surface area contributed by atoms with Crippen LogP contribution in [0.4, 0.5) is 0 Å². The van der Waals surface area contributed by atoms with Crippen molar-refractivity contribution in [1.29, 1.82) is 0 Å². The zero-order chi connectivity index (χ0) is 35.3. The van der Waals surface area contributed by atoms with E-state index < -0.39 is 30.2 Å². The van der Waals surface area contributed by atoms with Crippen molar-refractivity contribution < 1.29 is 43.5 Å². The van der Waals surface area contributed by atoms with Crippen LogP contribution in [-0.4, -0.2) is 83.5 Å².